The SMILES string of the molecule is COc1ccc([C@H](NC(=O)COc2ccc(C)c(C)c2)C2CC(O)C2)cn1. The average molecular weight is 370 g/mol. The van der Waals surface area contributed by atoms with Crippen molar-refractivity contribution >= 4 is 5.91 Å². The molecule has 0 unspecified atom stereocenters. The summed E-state index contributed by atoms with van der Waals surface area (Å²) in [7, 11) is 1.56. The van der Waals surface area contributed by atoms with Crippen molar-refractivity contribution in [3.05, 3.63) is 53.2 Å². The van der Waals surface area contributed by atoms with Crippen LogP contribution in [0.1, 0.15) is 35.6 Å². The van der Waals surface area contributed by atoms with Crippen molar-refractivity contribution in [3.8, 4) is 11.6 Å². The van der Waals surface area contributed by atoms with Crippen LogP contribution in [0.2, 0.25) is 0 Å². The summed E-state index contributed by atoms with van der Waals surface area (Å²) >= 11 is 0. The zero-order chi connectivity index (χ0) is 19.4. The first-order chi connectivity index (χ1) is 13.0. The number of rotatable bonds is 7. The number of benzene rings is 1. The first-order valence-electron chi connectivity index (χ1n) is 9.13. The Morgan fingerprint density at radius 2 is 2.04 bits per heavy atom. The van der Waals surface area contributed by atoms with Crippen molar-refractivity contribution in [2.24, 2.45) is 5.92 Å². The van der Waals surface area contributed by atoms with Gasteiger partial charge < -0.3 is 19.9 Å². The molecule has 27 heavy (non-hydrogen) atoms. The van der Waals surface area contributed by atoms with E-state index in [-0.39, 0.29) is 30.6 Å². The maximum Gasteiger partial charge on any atom is 0.258 e. The molecule has 1 heterocycles. The van der Waals surface area contributed by atoms with Crippen LogP contribution in [-0.2, 0) is 4.79 Å². The Labute approximate surface area is 159 Å². The minimum absolute atomic E-state index is 0.0577. The molecule has 0 spiro atoms. The summed E-state index contributed by atoms with van der Waals surface area (Å²) in [4.78, 5) is 16.7. The number of ether oxygens (including phenoxy) is 2. The first kappa shape index (κ1) is 19.2. The van der Waals surface area contributed by atoms with Crippen LogP contribution in [0.25, 0.3) is 0 Å². The van der Waals surface area contributed by atoms with E-state index in [0.717, 1.165) is 11.1 Å². The molecule has 1 amide bonds. The monoisotopic (exact) mass is 370 g/mol. The van der Waals surface area contributed by atoms with Gasteiger partial charge in [-0.1, -0.05) is 12.1 Å². The molecule has 1 saturated carbocycles. The molecular formula is C21H26N2O4. The van der Waals surface area contributed by atoms with E-state index in [1.807, 2.05) is 38.1 Å². The number of amides is 1. The second-order valence-electron chi connectivity index (χ2n) is 7.10. The van der Waals surface area contributed by atoms with E-state index in [0.29, 0.717) is 24.5 Å². The lowest BCUT2D eigenvalue weighted by Gasteiger charge is -2.38. The molecule has 144 valence electrons. The number of pyridine rings is 1. The van der Waals surface area contributed by atoms with Crippen LogP contribution in [0.3, 0.4) is 0 Å². The number of carbonyl (C=O) groups is 1. The molecule has 1 aliphatic carbocycles. The van der Waals surface area contributed by atoms with Gasteiger partial charge >= 0.3 is 0 Å². The highest BCUT2D eigenvalue weighted by molar-refractivity contribution is 5.78. The van der Waals surface area contributed by atoms with Crippen molar-refractivity contribution < 1.29 is 19.4 Å². The summed E-state index contributed by atoms with van der Waals surface area (Å²) in [6.07, 6.45) is 2.73. The van der Waals surface area contributed by atoms with Gasteiger partial charge in [-0.25, -0.2) is 4.98 Å². The van der Waals surface area contributed by atoms with Crippen molar-refractivity contribution in [1.29, 1.82) is 0 Å². The van der Waals surface area contributed by atoms with E-state index in [1.165, 1.54) is 5.56 Å². The quantitative estimate of drug-likeness (QED) is 0.783. The third-order valence-electron chi connectivity index (χ3n) is 5.11. The number of aliphatic hydroxyl groups is 1. The molecule has 2 N–H and O–H groups in total. The fraction of sp³-hybridized carbons (Fsp3) is 0.429. The normalized spacial score (nSPS) is 19.7. The Bertz CT molecular complexity index is 785. The highest BCUT2D eigenvalue weighted by atomic mass is 16.5. The Kier molecular flexibility index (Phi) is 5.96. The van der Waals surface area contributed by atoms with Crippen LogP contribution < -0.4 is 14.8 Å². The number of methoxy groups -OCH3 is 1. The summed E-state index contributed by atoms with van der Waals surface area (Å²) < 4.78 is 10.7. The van der Waals surface area contributed by atoms with E-state index < -0.39 is 0 Å². The molecule has 3 rings (SSSR count). The molecule has 1 atom stereocenters. The Hall–Kier alpha value is -2.60. The number of aliphatic hydroxyl groups excluding tert-OH is 1. The molecule has 0 aliphatic heterocycles. The maximum absolute atomic E-state index is 12.5. The molecule has 1 aliphatic rings. The molecule has 6 nitrogen and oxygen atoms in total. The predicted molar refractivity (Wildman–Crippen MR) is 102 cm³/mol. The molecule has 0 bridgehead atoms. The third kappa shape index (κ3) is 4.77. The van der Waals surface area contributed by atoms with Crippen molar-refractivity contribution in [2.75, 3.05) is 13.7 Å². The minimum atomic E-state index is -0.299. The number of hydrogen-bond donors (Lipinski definition) is 2. The summed E-state index contributed by atoms with van der Waals surface area (Å²) in [5, 5.41) is 12.7. The van der Waals surface area contributed by atoms with Crippen LogP contribution >= 0.6 is 0 Å². The van der Waals surface area contributed by atoms with Crippen LogP contribution in [-0.4, -0.2) is 35.8 Å². The Morgan fingerprint density at radius 1 is 1.26 bits per heavy atom. The molecule has 1 aromatic heterocycles. The summed E-state index contributed by atoms with van der Waals surface area (Å²) in [6, 6.07) is 9.23. The van der Waals surface area contributed by atoms with Crippen LogP contribution in [0.4, 0.5) is 0 Å². The van der Waals surface area contributed by atoms with Crippen LogP contribution in [0.5, 0.6) is 11.6 Å². The number of hydrogen-bond acceptors (Lipinski definition) is 5. The highest BCUT2D eigenvalue weighted by Gasteiger charge is 2.35. The summed E-state index contributed by atoms with van der Waals surface area (Å²) in [5.41, 5.74) is 3.20. The van der Waals surface area contributed by atoms with Gasteiger partial charge in [0, 0.05) is 12.3 Å². The number of nitrogens with one attached hydrogen (secondary N) is 1. The highest BCUT2D eigenvalue weighted by Crippen LogP contribution is 2.38. The summed E-state index contributed by atoms with van der Waals surface area (Å²) in [5.74, 6) is 1.18. The van der Waals surface area contributed by atoms with E-state index in [4.69, 9.17) is 9.47 Å². The molecule has 0 radical (unpaired) electrons. The topological polar surface area (TPSA) is 80.7 Å². The van der Waals surface area contributed by atoms with Crippen molar-refractivity contribution in [1.82, 2.24) is 10.3 Å². The van der Waals surface area contributed by atoms with Crippen LogP contribution in [0.15, 0.2) is 36.5 Å². The van der Waals surface area contributed by atoms with Crippen molar-refractivity contribution in [3.63, 3.8) is 0 Å². The predicted octanol–water partition coefficient (Wildman–Crippen LogP) is 2.71. The molecular weight excluding hydrogens is 344 g/mol. The van der Waals surface area contributed by atoms with Gasteiger partial charge in [0.25, 0.3) is 5.91 Å². The van der Waals surface area contributed by atoms with Gasteiger partial charge in [-0.05, 0) is 61.4 Å². The number of aryl methyl sites for hydroxylation is 2. The second kappa shape index (κ2) is 8.39. The lowest BCUT2D eigenvalue weighted by atomic mass is 9.75. The van der Waals surface area contributed by atoms with E-state index >= 15 is 0 Å². The van der Waals surface area contributed by atoms with Gasteiger partial charge in [-0.3, -0.25) is 4.79 Å². The smallest absolute Gasteiger partial charge is 0.258 e. The zero-order valence-electron chi connectivity index (χ0n) is 15.9. The van der Waals surface area contributed by atoms with Gasteiger partial charge in [0.05, 0.1) is 19.3 Å². The van der Waals surface area contributed by atoms with Crippen LogP contribution in [0, 0.1) is 19.8 Å². The Balaban J connectivity index is 1.63. The fourth-order valence-corrected chi connectivity index (χ4v) is 3.24. The third-order valence-corrected chi connectivity index (χ3v) is 5.11. The molecule has 1 aromatic carbocycles. The second-order valence-corrected chi connectivity index (χ2v) is 7.10. The zero-order valence-corrected chi connectivity index (χ0v) is 15.9. The van der Waals surface area contributed by atoms with Gasteiger partial charge in [0.1, 0.15) is 5.75 Å². The number of carbonyl (C=O) groups excluding carboxylic acids is 1. The van der Waals surface area contributed by atoms with Gasteiger partial charge in [-0.15, -0.1) is 0 Å². The van der Waals surface area contributed by atoms with E-state index in [2.05, 4.69) is 10.3 Å². The molecule has 2 aromatic rings. The summed E-state index contributed by atoms with van der Waals surface area (Å²) in [6.45, 7) is 3.99. The lowest BCUT2D eigenvalue weighted by Crippen LogP contribution is -2.42. The molecule has 6 heteroatoms. The van der Waals surface area contributed by atoms with Gasteiger partial charge in [-0.2, -0.15) is 0 Å². The number of aromatic nitrogens is 1. The van der Waals surface area contributed by atoms with E-state index in [1.54, 1.807) is 19.4 Å². The Morgan fingerprint density at radius 3 is 2.63 bits per heavy atom. The molecule has 0 saturated heterocycles. The first-order valence-corrected chi connectivity index (χ1v) is 9.13. The van der Waals surface area contributed by atoms with Crippen molar-refractivity contribution in [2.45, 2.75) is 38.8 Å². The largest absolute Gasteiger partial charge is 0.484 e. The fourth-order valence-electron chi connectivity index (χ4n) is 3.24. The standard InChI is InChI=1S/C21H26N2O4/c1-13-4-6-18(8-14(13)2)27-12-19(25)23-21(16-9-17(24)10-16)15-5-7-20(26-3)22-11-15/h4-8,11,16-17,21,24H,9-10,12H2,1-3H3,(H,23,25)/t16?,17?,21-/m0/s1. The lowest BCUT2D eigenvalue weighted by molar-refractivity contribution is -0.125. The maximum atomic E-state index is 12.5. The molecule has 1 fully saturated rings. The minimum Gasteiger partial charge on any atom is -0.484 e. The van der Waals surface area contributed by atoms with Gasteiger partial charge in [0.2, 0.25) is 5.88 Å². The van der Waals surface area contributed by atoms with Gasteiger partial charge in [0.15, 0.2) is 6.61 Å². The number of nitrogens with zero attached hydrogens (tertiary/aromatic N) is 1. The average Bonchev–Trinajstić information content (AvgIpc) is 2.65. The van der Waals surface area contributed by atoms with E-state index in [9.17, 15) is 9.90 Å².